The van der Waals surface area contributed by atoms with Crippen molar-refractivity contribution in [3.8, 4) is 17.5 Å². The summed E-state index contributed by atoms with van der Waals surface area (Å²) in [4.78, 5) is 12.3. The Hall–Kier alpha value is -3.18. The number of carbonyl (C=O) groups excluding carboxylic acids is 1. The first-order valence-corrected chi connectivity index (χ1v) is 9.77. The molecule has 0 atom stereocenters. The number of benzene rings is 2. The van der Waals surface area contributed by atoms with Crippen LogP contribution in [0.2, 0.25) is 0 Å². The molecule has 1 N–H and O–H groups in total. The van der Waals surface area contributed by atoms with Gasteiger partial charge in [0.2, 0.25) is 5.91 Å². The monoisotopic (exact) mass is 393 g/mol. The van der Waals surface area contributed by atoms with Crippen LogP contribution in [0.5, 0.6) is 0 Å². The van der Waals surface area contributed by atoms with E-state index in [1.165, 1.54) is 17.8 Å². The molecule has 1 saturated carbocycles. The van der Waals surface area contributed by atoms with Crippen LogP contribution in [0.4, 0.5) is 10.1 Å². The van der Waals surface area contributed by atoms with E-state index < -0.39 is 0 Å². The highest BCUT2D eigenvalue weighted by molar-refractivity contribution is 7.99. The van der Waals surface area contributed by atoms with E-state index >= 15 is 0 Å². The topological polar surface area (TPSA) is 83.6 Å². The first kappa shape index (κ1) is 18.2. The predicted molar refractivity (Wildman–Crippen MR) is 104 cm³/mol. The quantitative estimate of drug-likeness (QED) is 0.640. The van der Waals surface area contributed by atoms with Crippen LogP contribution in [0.3, 0.4) is 0 Å². The number of amides is 1. The summed E-state index contributed by atoms with van der Waals surface area (Å²) in [6.45, 7) is 0. The molecule has 8 heteroatoms. The zero-order chi connectivity index (χ0) is 19.5. The van der Waals surface area contributed by atoms with E-state index in [1.54, 1.807) is 42.5 Å². The molecule has 0 radical (unpaired) electrons. The van der Waals surface area contributed by atoms with Crippen molar-refractivity contribution in [2.45, 2.75) is 24.0 Å². The van der Waals surface area contributed by atoms with Crippen molar-refractivity contribution < 1.29 is 9.18 Å². The number of hydrogen-bond donors (Lipinski definition) is 1. The molecule has 2 aromatic carbocycles. The van der Waals surface area contributed by atoms with Crippen LogP contribution >= 0.6 is 11.8 Å². The lowest BCUT2D eigenvalue weighted by molar-refractivity contribution is -0.113. The number of anilines is 1. The van der Waals surface area contributed by atoms with Crippen molar-refractivity contribution in [1.82, 2.24) is 14.8 Å². The Morgan fingerprint density at radius 2 is 1.96 bits per heavy atom. The van der Waals surface area contributed by atoms with Crippen LogP contribution in [0.25, 0.3) is 11.4 Å². The van der Waals surface area contributed by atoms with Gasteiger partial charge in [-0.25, -0.2) is 4.39 Å². The Labute approximate surface area is 165 Å². The highest BCUT2D eigenvalue weighted by atomic mass is 32.2. The summed E-state index contributed by atoms with van der Waals surface area (Å²) in [5.41, 5.74) is 1.29. The van der Waals surface area contributed by atoms with Gasteiger partial charge in [-0.1, -0.05) is 36.0 Å². The zero-order valence-corrected chi connectivity index (χ0v) is 15.6. The van der Waals surface area contributed by atoms with Crippen molar-refractivity contribution in [3.63, 3.8) is 0 Å². The Morgan fingerprint density at radius 1 is 1.21 bits per heavy atom. The average molecular weight is 393 g/mol. The number of carbonyl (C=O) groups is 1. The Bertz CT molecular complexity index is 1070. The molecular weight excluding hydrogens is 377 g/mol. The fourth-order valence-corrected chi connectivity index (χ4v) is 3.68. The van der Waals surface area contributed by atoms with Crippen molar-refractivity contribution in [1.29, 1.82) is 5.26 Å². The fraction of sp³-hybridized carbons (Fsp3) is 0.200. The first-order valence-electron chi connectivity index (χ1n) is 8.79. The molecule has 4 rings (SSSR count). The van der Waals surface area contributed by atoms with Gasteiger partial charge in [-0.2, -0.15) is 5.26 Å². The van der Waals surface area contributed by atoms with Crippen molar-refractivity contribution in [3.05, 3.63) is 59.9 Å². The van der Waals surface area contributed by atoms with Gasteiger partial charge in [0.05, 0.1) is 22.6 Å². The van der Waals surface area contributed by atoms with E-state index in [4.69, 9.17) is 5.26 Å². The van der Waals surface area contributed by atoms with Gasteiger partial charge in [0.15, 0.2) is 11.0 Å². The van der Waals surface area contributed by atoms with E-state index in [9.17, 15) is 9.18 Å². The number of nitrogens with zero attached hydrogens (tertiary/aromatic N) is 4. The molecule has 0 bridgehead atoms. The molecule has 1 aliphatic rings. The largest absolute Gasteiger partial charge is 0.324 e. The maximum atomic E-state index is 14.2. The van der Waals surface area contributed by atoms with Crippen LogP contribution < -0.4 is 5.32 Å². The molecule has 0 saturated heterocycles. The van der Waals surface area contributed by atoms with Gasteiger partial charge in [-0.05, 0) is 37.1 Å². The third-order valence-electron chi connectivity index (χ3n) is 4.35. The molecule has 140 valence electrons. The smallest absolute Gasteiger partial charge is 0.234 e. The third-order valence-corrected chi connectivity index (χ3v) is 5.29. The lowest BCUT2D eigenvalue weighted by atomic mass is 10.2. The molecule has 3 aromatic rings. The average Bonchev–Trinajstić information content (AvgIpc) is 3.46. The molecule has 1 fully saturated rings. The summed E-state index contributed by atoms with van der Waals surface area (Å²) in [7, 11) is 0. The number of nitriles is 1. The molecule has 28 heavy (non-hydrogen) atoms. The first-order chi connectivity index (χ1) is 13.7. The molecule has 6 nitrogen and oxygen atoms in total. The molecule has 0 unspecified atom stereocenters. The normalized spacial score (nSPS) is 13.1. The minimum Gasteiger partial charge on any atom is -0.324 e. The lowest BCUT2D eigenvalue weighted by Crippen LogP contribution is -2.15. The van der Waals surface area contributed by atoms with E-state index in [0.29, 0.717) is 27.8 Å². The minimum atomic E-state index is -0.348. The van der Waals surface area contributed by atoms with Crippen LogP contribution in [0, 0.1) is 17.1 Å². The van der Waals surface area contributed by atoms with Crippen molar-refractivity contribution in [2.75, 3.05) is 11.1 Å². The van der Waals surface area contributed by atoms with Crippen LogP contribution in [-0.2, 0) is 4.79 Å². The number of nitrogens with one attached hydrogen (secondary N) is 1. The molecule has 1 aromatic heterocycles. The summed E-state index contributed by atoms with van der Waals surface area (Å²) in [5.74, 6) is 0.00468. The van der Waals surface area contributed by atoms with Gasteiger partial charge >= 0.3 is 0 Å². The molecule has 1 amide bonds. The number of aromatic nitrogens is 3. The summed E-state index contributed by atoms with van der Waals surface area (Å²) in [6.07, 6.45) is 1.96. The number of thioether (sulfide) groups is 1. The zero-order valence-electron chi connectivity index (χ0n) is 14.8. The van der Waals surface area contributed by atoms with Crippen LogP contribution in [-0.4, -0.2) is 26.4 Å². The number of rotatable bonds is 6. The Morgan fingerprint density at radius 3 is 2.71 bits per heavy atom. The van der Waals surface area contributed by atoms with E-state index in [1.807, 2.05) is 4.57 Å². The molecular formula is C20H16FN5OS. The van der Waals surface area contributed by atoms with Crippen LogP contribution in [0.1, 0.15) is 24.4 Å². The van der Waals surface area contributed by atoms with Gasteiger partial charge < -0.3 is 5.32 Å². The maximum Gasteiger partial charge on any atom is 0.234 e. The van der Waals surface area contributed by atoms with E-state index in [0.717, 1.165) is 12.8 Å². The summed E-state index contributed by atoms with van der Waals surface area (Å²) in [5, 5.41) is 20.8. The second-order valence-electron chi connectivity index (χ2n) is 6.38. The summed E-state index contributed by atoms with van der Waals surface area (Å²) in [6, 6.07) is 15.6. The molecule has 0 aliphatic heterocycles. The summed E-state index contributed by atoms with van der Waals surface area (Å²) >= 11 is 1.25. The second kappa shape index (κ2) is 7.82. The van der Waals surface area contributed by atoms with E-state index in [-0.39, 0.29) is 23.5 Å². The van der Waals surface area contributed by atoms with Gasteiger partial charge in [0, 0.05) is 6.04 Å². The number of hydrogen-bond acceptors (Lipinski definition) is 5. The predicted octanol–water partition coefficient (Wildman–Crippen LogP) is 4.02. The highest BCUT2D eigenvalue weighted by Gasteiger charge is 2.31. The molecule has 1 aliphatic carbocycles. The minimum absolute atomic E-state index is 0.113. The third kappa shape index (κ3) is 3.75. The van der Waals surface area contributed by atoms with Crippen molar-refractivity contribution >= 4 is 23.4 Å². The van der Waals surface area contributed by atoms with Gasteiger partial charge in [0.1, 0.15) is 11.9 Å². The fourth-order valence-electron chi connectivity index (χ4n) is 2.87. The molecule has 1 heterocycles. The maximum absolute atomic E-state index is 14.2. The standard InChI is InChI=1S/C20H16FN5OS/c21-16-7-3-2-6-15(16)19-24-25-20(26(19)14-9-10-14)28-12-18(27)23-17-8-4-1-5-13(17)11-22/h1-8,14H,9-10,12H2,(H,23,27). The highest BCUT2D eigenvalue weighted by Crippen LogP contribution is 2.41. The van der Waals surface area contributed by atoms with Crippen LogP contribution in [0.15, 0.2) is 53.7 Å². The van der Waals surface area contributed by atoms with Gasteiger partial charge in [-0.15, -0.1) is 10.2 Å². The summed E-state index contributed by atoms with van der Waals surface area (Å²) < 4.78 is 16.1. The Balaban J connectivity index is 1.51. The number of para-hydroxylation sites is 1. The molecule has 0 spiro atoms. The Kier molecular flexibility index (Phi) is 5.08. The SMILES string of the molecule is N#Cc1ccccc1NC(=O)CSc1nnc(-c2ccccc2F)n1C1CC1. The lowest BCUT2D eigenvalue weighted by Gasteiger charge is -2.10. The number of halogens is 1. The van der Waals surface area contributed by atoms with Crippen molar-refractivity contribution in [2.24, 2.45) is 0 Å². The second-order valence-corrected chi connectivity index (χ2v) is 7.32. The van der Waals surface area contributed by atoms with E-state index in [2.05, 4.69) is 21.6 Å². The van der Waals surface area contributed by atoms with Gasteiger partial charge in [0.25, 0.3) is 0 Å². The van der Waals surface area contributed by atoms with Gasteiger partial charge in [-0.3, -0.25) is 9.36 Å².